The number of rotatable bonds is 3. The summed E-state index contributed by atoms with van der Waals surface area (Å²) in [4.78, 5) is 27.8. The maximum Gasteiger partial charge on any atom is 0.248 e. The van der Waals surface area contributed by atoms with Gasteiger partial charge in [-0.2, -0.15) is 0 Å². The van der Waals surface area contributed by atoms with E-state index < -0.39 is 0 Å². The van der Waals surface area contributed by atoms with Crippen LogP contribution in [-0.2, 0) is 9.59 Å². The molecule has 4 nitrogen and oxygen atoms in total. The van der Waals surface area contributed by atoms with Gasteiger partial charge in [-0.1, -0.05) is 40.2 Å². The zero-order chi connectivity index (χ0) is 16.3. The number of nitrogens with one attached hydrogen (secondary N) is 1. The van der Waals surface area contributed by atoms with Gasteiger partial charge in [0.15, 0.2) is 0 Å². The fourth-order valence-electron chi connectivity index (χ4n) is 2.67. The number of carbonyl (C=O) groups is 2. The van der Waals surface area contributed by atoms with Crippen LogP contribution in [0.15, 0.2) is 40.6 Å². The van der Waals surface area contributed by atoms with Crippen LogP contribution in [0.5, 0.6) is 0 Å². The summed E-state index contributed by atoms with van der Waals surface area (Å²) >= 11 is 0. The molecule has 1 N–H and O–H groups in total. The first kappa shape index (κ1) is 16.4. The Balaban J connectivity index is 2.24. The first-order valence-electron chi connectivity index (χ1n) is 7.85. The zero-order valence-electron chi connectivity index (χ0n) is 13.8. The maximum absolute atomic E-state index is 11.9. The molecule has 1 aliphatic carbocycles. The molecule has 1 heterocycles. The molecule has 0 radical (unpaired) electrons. The smallest absolute Gasteiger partial charge is 0.248 e. The van der Waals surface area contributed by atoms with Gasteiger partial charge in [0.2, 0.25) is 11.8 Å². The zero-order valence-corrected chi connectivity index (χ0v) is 13.8. The average molecular weight is 300 g/mol. The van der Waals surface area contributed by atoms with Crippen molar-refractivity contribution >= 4 is 17.5 Å². The van der Waals surface area contributed by atoms with E-state index in [0.717, 1.165) is 24.1 Å². The predicted molar refractivity (Wildman–Crippen MR) is 88.4 cm³/mol. The normalized spacial score (nSPS) is 22.8. The van der Waals surface area contributed by atoms with E-state index in [0.29, 0.717) is 12.1 Å². The number of carbonyl (C=O) groups excluding carboxylic acids is 2. The number of aliphatic imine (C=N–C) groups is 1. The van der Waals surface area contributed by atoms with Crippen LogP contribution in [0.3, 0.4) is 0 Å². The van der Waals surface area contributed by atoms with Gasteiger partial charge in [0.1, 0.15) is 0 Å². The third kappa shape index (κ3) is 3.81. The lowest BCUT2D eigenvalue weighted by atomic mass is 9.74. The molecule has 1 atom stereocenters. The van der Waals surface area contributed by atoms with Crippen molar-refractivity contribution in [3.63, 3.8) is 0 Å². The molecule has 0 bridgehead atoms. The molecule has 2 amide bonds. The second-order valence-corrected chi connectivity index (χ2v) is 6.81. The molecule has 2 rings (SSSR count). The molecule has 2 aliphatic rings. The van der Waals surface area contributed by atoms with E-state index in [1.54, 1.807) is 6.08 Å². The Kier molecular flexibility index (Phi) is 4.79. The minimum atomic E-state index is -0.112. The van der Waals surface area contributed by atoms with Crippen molar-refractivity contribution in [3.8, 4) is 0 Å². The van der Waals surface area contributed by atoms with Gasteiger partial charge in [0.25, 0.3) is 0 Å². The van der Waals surface area contributed by atoms with Gasteiger partial charge in [-0.15, -0.1) is 0 Å². The quantitative estimate of drug-likeness (QED) is 0.869. The lowest BCUT2D eigenvalue weighted by Gasteiger charge is -2.34. The molecule has 0 spiro atoms. The van der Waals surface area contributed by atoms with Crippen molar-refractivity contribution in [1.82, 2.24) is 5.32 Å². The van der Waals surface area contributed by atoms with E-state index >= 15 is 0 Å². The second kappa shape index (κ2) is 6.42. The standard InChI is InChI=1S/C18H24N2O2/c1-5-6-7-16(21)19-12-8-9-13-14(18(2,3)4)11-17(22)20-15(13)10-12/h8-11,13H,5-7H2,1-4H3,(H,20,22). The predicted octanol–water partition coefficient (Wildman–Crippen LogP) is 3.32. The third-order valence-corrected chi connectivity index (χ3v) is 3.85. The number of amides is 2. The number of fused-ring (bicyclic) bond motifs is 1. The van der Waals surface area contributed by atoms with E-state index in [4.69, 9.17) is 0 Å². The molecular weight excluding hydrogens is 276 g/mol. The summed E-state index contributed by atoms with van der Waals surface area (Å²) < 4.78 is 0. The molecule has 0 fully saturated rings. The molecule has 4 heteroatoms. The van der Waals surface area contributed by atoms with E-state index in [1.165, 1.54) is 0 Å². The number of hydrogen-bond donors (Lipinski definition) is 1. The largest absolute Gasteiger partial charge is 0.325 e. The van der Waals surface area contributed by atoms with Gasteiger partial charge in [-0.05, 0) is 29.6 Å². The van der Waals surface area contributed by atoms with Crippen LogP contribution in [0, 0.1) is 11.3 Å². The first-order valence-corrected chi connectivity index (χ1v) is 7.85. The van der Waals surface area contributed by atoms with Crippen LogP contribution >= 0.6 is 0 Å². The Morgan fingerprint density at radius 1 is 1.32 bits per heavy atom. The van der Waals surface area contributed by atoms with E-state index in [9.17, 15) is 9.59 Å². The highest BCUT2D eigenvalue weighted by atomic mass is 16.2. The minimum Gasteiger partial charge on any atom is -0.325 e. The van der Waals surface area contributed by atoms with Gasteiger partial charge in [-0.25, -0.2) is 4.99 Å². The molecule has 1 unspecified atom stereocenters. The molecule has 0 aromatic rings. The minimum absolute atomic E-state index is 0.0578. The Bertz CT molecular complexity index is 601. The average Bonchev–Trinajstić information content (AvgIpc) is 2.42. The summed E-state index contributed by atoms with van der Waals surface area (Å²) in [7, 11) is 0. The highest BCUT2D eigenvalue weighted by Crippen LogP contribution is 2.38. The molecule has 118 valence electrons. The van der Waals surface area contributed by atoms with Crippen LogP contribution in [0.25, 0.3) is 0 Å². The molecular formula is C18H24N2O2. The summed E-state index contributed by atoms with van der Waals surface area (Å²) in [6.07, 6.45) is 9.68. The summed E-state index contributed by atoms with van der Waals surface area (Å²) in [6.45, 7) is 8.34. The maximum atomic E-state index is 11.9. The highest BCUT2D eigenvalue weighted by molar-refractivity contribution is 6.11. The molecule has 1 aliphatic heterocycles. The van der Waals surface area contributed by atoms with Gasteiger partial charge in [0.05, 0.1) is 5.71 Å². The highest BCUT2D eigenvalue weighted by Gasteiger charge is 2.32. The van der Waals surface area contributed by atoms with Crippen molar-refractivity contribution in [2.24, 2.45) is 16.3 Å². The SMILES string of the molecule is CCCCC(=O)N=C1C=CC2C(=C1)NC(=O)C=C2C(C)(C)C. The third-order valence-electron chi connectivity index (χ3n) is 3.85. The molecule has 0 aromatic carbocycles. The number of unbranched alkanes of at least 4 members (excludes halogenated alkanes) is 1. The monoisotopic (exact) mass is 300 g/mol. The van der Waals surface area contributed by atoms with Gasteiger partial charge >= 0.3 is 0 Å². The summed E-state index contributed by atoms with van der Waals surface area (Å²) in [5.74, 6) is -0.160. The van der Waals surface area contributed by atoms with E-state index in [2.05, 4.69) is 31.1 Å². The Morgan fingerprint density at radius 3 is 2.68 bits per heavy atom. The number of nitrogens with zero attached hydrogens (tertiary/aromatic N) is 1. The van der Waals surface area contributed by atoms with Gasteiger partial charge < -0.3 is 5.32 Å². The van der Waals surface area contributed by atoms with Gasteiger partial charge in [0, 0.05) is 24.1 Å². The number of hydrogen-bond acceptors (Lipinski definition) is 2. The van der Waals surface area contributed by atoms with Crippen LogP contribution in [0.2, 0.25) is 0 Å². The summed E-state index contributed by atoms with van der Waals surface area (Å²) in [5, 5.41) is 2.87. The first-order chi connectivity index (χ1) is 10.3. The van der Waals surface area contributed by atoms with E-state index in [-0.39, 0.29) is 23.1 Å². The summed E-state index contributed by atoms with van der Waals surface area (Å²) in [5.41, 5.74) is 2.41. The Labute approximate surface area is 132 Å². The van der Waals surface area contributed by atoms with E-state index in [1.807, 2.05) is 25.2 Å². The van der Waals surface area contributed by atoms with Crippen molar-refractivity contribution < 1.29 is 9.59 Å². The molecule has 0 aromatic heterocycles. The lowest BCUT2D eigenvalue weighted by Crippen LogP contribution is -2.36. The van der Waals surface area contributed by atoms with Gasteiger partial charge in [-0.3, -0.25) is 9.59 Å². The van der Waals surface area contributed by atoms with Crippen LogP contribution < -0.4 is 5.32 Å². The van der Waals surface area contributed by atoms with Crippen LogP contribution in [0.4, 0.5) is 0 Å². The molecule has 0 saturated carbocycles. The topological polar surface area (TPSA) is 58.5 Å². The molecule has 0 saturated heterocycles. The fraction of sp³-hybridized carbons (Fsp3) is 0.500. The van der Waals surface area contributed by atoms with Crippen molar-refractivity contribution in [3.05, 3.63) is 35.6 Å². The van der Waals surface area contributed by atoms with Crippen LogP contribution in [-0.4, -0.2) is 17.5 Å². The lowest BCUT2D eigenvalue weighted by molar-refractivity contribution is -0.118. The van der Waals surface area contributed by atoms with Crippen molar-refractivity contribution in [2.75, 3.05) is 0 Å². The number of allylic oxidation sites excluding steroid dienone is 3. The fourth-order valence-corrected chi connectivity index (χ4v) is 2.67. The van der Waals surface area contributed by atoms with Crippen molar-refractivity contribution in [2.45, 2.75) is 47.0 Å². The molecule has 22 heavy (non-hydrogen) atoms. The Morgan fingerprint density at radius 2 is 2.05 bits per heavy atom. The second-order valence-electron chi connectivity index (χ2n) is 6.81. The van der Waals surface area contributed by atoms with Crippen LogP contribution in [0.1, 0.15) is 47.0 Å². The summed E-state index contributed by atoms with van der Waals surface area (Å²) in [6, 6.07) is 0. The Hall–Kier alpha value is -1.97. The van der Waals surface area contributed by atoms with Crippen molar-refractivity contribution in [1.29, 1.82) is 0 Å².